The van der Waals surface area contributed by atoms with Gasteiger partial charge in [0.1, 0.15) is 6.61 Å². The second kappa shape index (κ2) is 7.89. The minimum absolute atomic E-state index is 0.00364. The van der Waals surface area contributed by atoms with E-state index in [0.717, 1.165) is 17.2 Å². The minimum atomic E-state index is -0.851. The summed E-state index contributed by atoms with van der Waals surface area (Å²) in [6.45, 7) is 0.108. The Kier molecular flexibility index (Phi) is 5.14. The molecule has 0 bridgehead atoms. The Hall–Kier alpha value is -3.45. The number of hydrogen-bond donors (Lipinski definition) is 0. The summed E-state index contributed by atoms with van der Waals surface area (Å²) in [6, 6.07) is 19.2. The molecule has 0 amide bonds. The third kappa shape index (κ3) is 3.77. The Morgan fingerprint density at radius 1 is 0.966 bits per heavy atom. The van der Waals surface area contributed by atoms with Gasteiger partial charge in [0.2, 0.25) is 0 Å². The molecule has 2 aromatic heterocycles. The van der Waals surface area contributed by atoms with Crippen LogP contribution in [0.25, 0.3) is 11.0 Å². The molecule has 0 aliphatic heterocycles. The first-order valence-corrected chi connectivity index (χ1v) is 9.15. The Morgan fingerprint density at radius 2 is 1.59 bits per heavy atom. The second-order valence-electron chi connectivity index (χ2n) is 6.35. The highest BCUT2D eigenvalue weighted by Gasteiger charge is 2.18. The van der Waals surface area contributed by atoms with Crippen LogP contribution in [-0.2, 0) is 13.2 Å². The van der Waals surface area contributed by atoms with Crippen LogP contribution in [0.2, 0.25) is 5.15 Å². The first kappa shape index (κ1) is 18.9. The first-order chi connectivity index (χ1) is 14.0. The van der Waals surface area contributed by atoms with Crippen molar-refractivity contribution in [2.24, 2.45) is 0 Å². The molecule has 0 radical (unpaired) electrons. The van der Waals surface area contributed by atoms with Crippen molar-refractivity contribution in [3.8, 4) is 0 Å². The lowest BCUT2D eigenvalue weighted by Gasteiger charge is -2.14. The van der Waals surface area contributed by atoms with Crippen molar-refractivity contribution in [2.45, 2.75) is 13.2 Å². The SMILES string of the molecule is O=c1c2cc(F)c(Cl)nc2n(Cc2ccccc2)c(=O)n1OCc1ccccc1. The average molecular weight is 412 g/mol. The fourth-order valence-electron chi connectivity index (χ4n) is 2.95. The molecule has 0 fully saturated rings. The Morgan fingerprint density at radius 3 is 2.24 bits per heavy atom. The molecule has 0 N–H and O–H groups in total. The maximum absolute atomic E-state index is 14.0. The van der Waals surface area contributed by atoms with Crippen LogP contribution in [0, 0.1) is 5.82 Å². The molecule has 146 valence electrons. The Balaban J connectivity index is 1.88. The van der Waals surface area contributed by atoms with Gasteiger partial charge in [0.25, 0.3) is 5.56 Å². The summed E-state index contributed by atoms with van der Waals surface area (Å²) in [5, 5.41) is -0.517. The lowest BCUT2D eigenvalue weighted by Crippen LogP contribution is -2.44. The van der Waals surface area contributed by atoms with Crippen LogP contribution < -0.4 is 16.1 Å². The number of pyridine rings is 1. The molecule has 8 heteroatoms. The van der Waals surface area contributed by atoms with Crippen molar-refractivity contribution in [3.05, 3.63) is 110 Å². The van der Waals surface area contributed by atoms with E-state index in [1.165, 1.54) is 4.57 Å². The van der Waals surface area contributed by atoms with Gasteiger partial charge in [-0.3, -0.25) is 9.36 Å². The highest BCUT2D eigenvalue weighted by atomic mass is 35.5. The number of aromatic nitrogens is 3. The first-order valence-electron chi connectivity index (χ1n) is 8.77. The molecule has 0 unspecified atom stereocenters. The molecular weight excluding hydrogens is 397 g/mol. The zero-order valence-electron chi connectivity index (χ0n) is 15.1. The zero-order valence-corrected chi connectivity index (χ0v) is 15.8. The van der Waals surface area contributed by atoms with Crippen LogP contribution in [0.5, 0.6) is 0 Å². The number of halogens is 2. The summed E-state index contributed by atoms with van der Waals surface area (Å²) in [7, 11) is 0. The number of hydrogen-bond acceptors (Lipinski definition) is 4. The van der Waals surface area contributed by atoms with Gasteiger partial charge in [-0.05, 0) is 17.2 Å². The van der Waals surface area contributed by atoms with Gasteiger partial charge in [-0.2, -0.15) is 0 Å². The van der Waals surface area contributed by atoms with Crippen molar-refractivity contribution >= 4 is 22.6 Å². The molecule has 2 heterocycles. The fraction of sp³-hybridized carbons (Fsp3) is 0.0952. The lowest BCUT2D eigenvalue weighted by atomic mass is 10.2. The van der Waals surface area contributed by atoms with E-state index < -0.39 is 22.2 Å². The molecule has 0 saturated heterocycles. The summed E-state index contributed by atoms with van der Waals surface area (Å²) in [5.41, 5.74) is 0.0425. The zero-order chi connectivity index (χ0) is 20.4. The normalized spacial score (nSPS) is 11.0. The van der Waals surface area contributed by atoms with Crippen LogP contribution in [0.4, 0.5) is 4.39 Å². The van der Waals surface area contributed by atoms with Gasteiger partial charge in [0, 0.05) is 0 Å². The summed E-state index contributed by atoms with van der Waals surface area (Å²) < 4.78 is 15.9. The maximum atomic E-state index is 14.0. The molecular formula is C21H15ClFN3O3. The van der Waals surface area contributed by atoms with Crippen LogP contribution >= 0.6 is 11.6 Å². The lowest BCUT2D eigenvalue weighted by molar-refractivity contribution is 0.0775. The van der Waals surface area contributed by atoms with Gasteiger partial charge in [-0.25, -0.2) is 14.2 Å². The predicted molar refractivity (Wildman–Crippen MR) is 108 cm³/mol. The van der Waals surface area contributed by atoms with Gasteiger partial charge in [-0.15, -0.1) is 0 Å². The number of nitrogens with zero attached hydrogens (tertiary/aromatic N) is 3. The molecule has 0 aliphatic rings. The minimum Gasteiger partial charge on any atom is -0.401 e. The third-order valence-electron chi connectivity index (χ3n) is 4.37. The quantitative estimate of drug-likeness (QED) is 0.473. The Labute approximate surface area is 169 Å². The van der Waals surface area contributed by atoms with Gasteiger partial charge in [-0.1, -0.05) is 77.0 Å². The smallest absolute Gasteiger partial charge is 0.366 e. The van der Waals surface area contributed by atoms with Gasteiger partial charge in [0.15, 0.2) is 16.6 Å². The van der Waals surface area contributed by atoms with Crippen molar-refractivity contribution in [1.82, 2.24) is 14.3 Å². The van der Waals surface area contributed by atoms with E-state index in [-0.39, 0.29) is 24.2 Å². The van der Waals surface area contributed by atoms with Crippen LogP contribution in [0.3, 0.4) is 0 Å². The largest absolute Gasteiger partial charge is 0.401 e. The number of fused-ring (bicyclic) bond motifs is 1. The summed E-state index contributed by atoms with van der Waals surface area (Å²) in [5.74, 6) is -0.851. The molecule has 0 spiro atoms. The summed E-state index contributed by atoms with van der Waals surface area (Å²) in [4.78, 5) is 35.3. The van der Waals surface area contributed by atoms with Crippen LogP contribution in [0.1, 0.15) is 11.1 Å². The highest BCUT2D eigenvalue weighted by Crippen LogP contribution is 2.16. The van der Waals surface area contributed by atoms with E-state index in [4.69, 9.17) is 16.4 Å². The van der Waals surface area contributed by atoms with Crippen molar-refractivity contribution in [1.29, 1.82) is 0 Å². The number of rotatable bonds is 5. The van der Waals surface area contributed by atoms with E-state index in [9.17, 15) is 14.0 Å². The summed E-state index contributed by atoms with van der Waals surface area (Å²) in [6.07, 6.45) is 0. The molecule has 6 nitrogen and oxygen atoms in total. The fourth-order valence-corrected chi connectivity index (χ4v) is 3.09. The van der Waals surface area contributed by atoms with Gasteiger partial charge < -0.3 is 4.84 Å². The topological polar surface area (TPSA) is 66.1 Å². The van der Waals surface area contributed by atoms with Crippen molar-refractivity contribution in [3.63, 3.8) is 0 Å². The average Bonchev–Trinajstić information content (AvgIpc) is 2.74. The molecule has 2 aromatic carbocycles. The van der Waals surface area contributed by atoms with Crippen LogP contribution in [0.15, 0.2) is 76.3 Å². The van der Waals surface area contributed by atoms with Crippen molar-refractivity contribution in [2.75, 3.05) is 0 Å². The maximum Gasteiger partial charge on any atom is 0.366 e. The molecule has 4 rings (SSSR count). The van der Waals surface area contributed by atoms with Gasteiger partial charge >= 0.3 is 5.69 Å². The van der Waals surface area contributed by atoms with E-state index >= 15 is 0 Å². The molecule has 4 aromatic rings. The molecule has 0 aliphatic carbocycles. The van der Waals surface area contributed by atoms with Gasteiger partial charge in [0.05, 0.1) is 11.9 Å². The monoisotopic (exact) mass is 411 g/mol. The van der Waals surface area contributed by atoms with E-state index in [1.54, 1.807) is 12.1 Å². The molecule has 0 atom stereocenters. The molecule has 0 saturated carbocycles. The van der Waals surface area contributed by atoms with E-state index in [0.29, 0.717) is 4.73 Å². The standard InChI is InChI=1S/C21H15ClFN3O3/c22-18-17(23)11-16-19(24-18)25(12-14-7-3-1-4-8-14)21(28)26(20(16)27)29-13-15-9-5-2-6-10-15/h1-11H,12-13H2. The third-order valence-corrected chi connectivity index (χ3v) is 4.64. The number of benzene rings is 2. The van der Waals surface area contributed by atoms with E-state index in [2.05, 4.69) is 4.98 Å². The highest BCUT2D eigenvalue weighted by molar-refractivity contribution is 6.29. The van der Waals surface area contributed by atoms with Crippen LogP contribution in [-0.4, -0.2) is 14.3 Å². The summed E-state index contributed by atoms with van der Waals surface area (Å²) >= 11 is 5.81. The predicted octanol–water partition coefficient (Wildman–Crippen LogP) is 3.03. The Bertz CT molecular complexity index is 1290. The second-order valence-corrected chi connectivity index (χ2v) is 6.70. The van der Waals surface area contributed by atoms with E-state index in [1.807, 2.05) is 48.5 Å². The molecule has 29 heavy (non-hydrogen) atoms. The van der Waals surface area contributed by atoms with Crippen molar-refractivity contribution < 1.29 is 9.23 Å².